The normalized spacial score (nSPS) is 12.3. The smallest absolute Gasteiger partial charge is 0.416 e. The third-order valence-corrected chi connectivity index (χ3v) is 5.75. The molecule has 2 rings (SSSR count). The Morgan fingerprint density at radius 1 is 1.06 bits per heavy atom. The summed E-state index contributed by atoms with van der Waals surface area (Å²) in [7, 11) is 0. The van der Waals surface area contributed by atoms with Gasteiger partial charge in [-0.25, -0.2) is 4.79 Å². The highest BCUT2D eigenvalue weighted by atomic mass is 32.2. The van der Waals surface area contributed by atoms with E-state index in [1.165, 1.54) is 12.1 Å². The largest absolute Gasteiger partial charge is 0.493 e. The fourth-order valence-electron chi connectivity index (χ4n) is 2.67. The Bertz CT molecular complexity index is 838. The first kappa shape index (κ1) is 24.9. The van der Waals surface area contributed by atoms with Gasteiger partial charge in [-0.2, -0.15) is 13.2 Å². The van der Waals surface area contributed by atoms with Gasteiger partial charge in [-0.3, -0.25) is 0 Å². The first-order chi connectivity index (χ1) is 14.7. The number of thioether (sulfide) groups is 1. The zero-order valence-corrected chi connectivity index (χ0v) is 18.6. The van der Waals surface area contributed by atoms with Crippen LogP contribution >= 0.6 is 11.8 Å². The van der Waals surface area contributed by atoms with Crippen molar-refractivity contribution >= 4 is 17.7 Å². The molecule has 0 aliphatic heterocycles. The van der Waals surface area contributed by atoms with Gasteiger partial charge in [-0.05, 0) is 68.3 Å². The van der Waals surface area contributed by atoms with Crippen molar-refractivity contribution in [1.82, 2.24) is 0 Å². The molecular weight excluding hydrogens is 429 g/mol. The van der Waals surface area contributed by atoms with Crippen LogP contribution in [0.5, 0.6) is 11.5 Å². The van der Waals surface area contributed by atoms with E-state index in [1.807, 2.05) is 25.1 Å². The number of hydrogen-bond acceptors (Lipinski definition) is 5. The molecule has 2 aromatic rings. The summed E-state index contributed by atoms with van der Waals surface area (Å²) in [6, 6.07) is 10.5. The molecule has 4 nitrogen and oxygen atoms in total. The summed E-state index contributed by atoms with van der Waals surface area (Å²) in [5.74, 6) is 1.71. The zero-order valence-electron chi connectivity index (χ0n) is 17.8. The van der Waals surface area contributed by atoms with E-state index in [2.05, 4.69) is 6.92 Å². The second-order valence-electron chi connectivity index (χ2n) is 6.94. The maximum absolute atomic E-state index is 12.6. The predicted octanol–water partition coefficient (Wildman–Crippen LogP) is 6.15. The lowest BCUT2D eigenvalue weighted by Crippen LogP contribution is -2.15. The van der Waals surface area contributed by atoms with Gasteiger partial charge in [0.05, 0.1) is 18.8 Å². The van der Waals surface area contributed by atoms with Crippen LogP contribution in [0, 0.1) is 12.8 Å². The summed E-state index contributed by atoms with van der Waals surface area (Å²) >= 11 is 1.67. The monoisotopic (exact) mass is 456 g/mol. The highest BCUT2D eigenvalue weighted by molar-refractivity contribution is 7.99. The third kappa shape index (κ3) is 8.36. The van der Waals surface area contributed by atoms with Crippen molar-refractivity contribution in [2.24, 2.45) is 5.92 Å². The Kier molecular flexibility index (Phi) is 9.55. The Labute approximate surface area is 185 Å². The number of alkyl halides is 3. The maximum Gasteiger partial charge on any atom is 0.416 e. The highest BCUT2D eigenvalue weighted by Gasteiger charge is 2.30. The van der Waals surface area contributed by atoms with Gasteiger partial charge < -0.3 is 14.2 Å². The summed E-state index contributed by atoms with van der Waals surface area (Å²) in [5.41, 5.74) is 0.232. The molecular formula is C23H27F3O4S. The molecule has 0 radical (unpaired) electrons. The van der Waals surface area contributed by atoms with Crippen LogP contribution < -0.4 is 9.47 Å². The van der Waals surface area contributed by atoms with E-state index < -0.39 is 17.7 Å². The molecule has 8 heteroatoms. The molecule has 0 spiro atoms. The van der Waals surface area contributed by atoms with Crippen LogP contribution in [0.1, 0.15) is 31.4 Å². The minimum absolute atomic E-state index is 0.125. The second-order valence-corrected chi connectivity index (χ2v) is 8.03. The number of hydrogen-bond donors (Lipinski definition) is 0. The van der Waals surface area contributed by atoms with E-state index in [4.69, 9.17) is 14.2 Å². The number of carbonyl (C=O) groups is 1. The molecule has 31 heavy (non-hydrogen) atoms. The van der Waals surface area contributed by atoms with Gasteiger partial charge in [0.1, 0.15) is 11.5 Å². The van der Waals surface area contributed by atoms with Crippen molar-refractivity contribution in [3.8, 4) is 11.5 Å². The molecule has 0 aromatic heterocycles. The molecule has 0 aliphatic rings. The van der Waals surface area contributed by atoms with Crippen molar-refractivity contribution in [1.29, 1.82) is 0 Å². The minimum atomic E-state index is -4.35. The lowest BCUT2D eigenvalue weighted by molar-refractivity contribution is -0.145. The van der Waals surface area contributed by atoms with Crippen molar-refractivity contribution in [3.05, 3.63) is 53.6 Å². The fraction of sp³-hybridized carbons (Fsp3) is 0.435. The minimum Gasteiger partial charge on any atom is -0.493 e. The molecule has 0 N–H and O–H groups in total. The van der Waals surface area contributed by atoms with Crippen molar-refractivity contribution in [2.75, 3.05) is 25.6 Å². The van der Waals surface area contributed by atoms with Gasteiger partial charge in [-0.1, -0.05) is 6.92 Å². The molecule has 0 amide bonds. The highest BCUT2D eigenvalue weighted by Crippen LogP contribution is 2.31. The van der Waals surface area contributed by atoms with Crippen LogP contribution in [0.25, 0.3) is 0 Å². The molecule has 0 saturated heterocycles. The molecule has 1 unspecified atom stereocenters. The van der Waals surface area contributed by atoms with Crippen LogP contribution in [0.4, 0.5) is 13.2 Å². The molecule has 2 aromatic carbocycles. The van der Waals surface area contributed by atoms with Gasteiger partial charge >= 0.3 is 12.1 Å². The molecule has 0 aliphatic carbocycles. The van der Waals surface area contributed by atoms with Gasteiger partial charge in [0, 0.05) is 16.6 Å². The maximum atomic E-state index is 12.6. The zero-order chi connectivity index (χ0) is 22.9. The number of esters is 1. The number of rotatable bonds is 11. The van der Waals surface area contributed by atoms with Gasteiger partial charge in [0.2, 0.25) is 0 Å². The molecule has 170 valence electrons. The van der Waals surface area contributed by atoms with Crippen molar-refractivity contribution in [2.45, 2.75) is 38.3 Å². The standard InChI is InChI=1S/C23H27F3O4S/c1-4-17(13-29-19-8-6-18(7-9-19)23(24,25)26)15-31-20-10-11-21(16(3)12-20)30-14-22(27)28-5-2/h6-12,17H,4-5,13-15H2,1-3H3. The average molecular weight is 457 g/mol. The van der Waals surface area contributed by atoms with E-state index in [-0.39, 0.29) is 12.5 Å². The fourth-order valence-corrected chi connectivity index (χ4v) is 3.85. The average Bonchev–Trinajstić information content (AvgIpc) is 2.73. The van der Waals surface area contributed by atoms with Crippen LogP contribution in [-0.2, 0) is 15.7 Å². The van der Waals surface area contributed by atoms with Crippen LogP contribution in [0.2, 0.25) is 0 Å². The summed E-state index contributed by atoms with van der Waals surface area (Å²) < 4.78 is 54.0. The first-order valence-electron chi connectivity index (χ1n) is 10.0. The van der Waals surface area contributed by atoms with E-state index >= 15 is 0 Å². The van der Waals surface area contributed by atoms with E-state index in [0.29, 0.717) is 24.7 Å². The molecule has 0 bridgehead atoms. The summed E-state index contributed by atoms with van der Waals surface area (Å²) in [4.78, 5) is 12.5. The molecule has 0 saturated carbocycles. The lowest BCUT2D eigenvalue weighted by Gasteiger charge is -2.17. The summed E-state index contributed by atoms with van der Waals surface area (Å²) in [6.45, 7) is 6.33. The first-order valence-corrected chi connectivity index (χ1v) is 11.0. The number of carbonyl (C=O) groups excluding carboxylic acids is 1. The molecule has 1 atom stereocenters. The van der Waals surface area contributed by atoms with E-state index in [1.54, 1.807) is 18.7 Å². The topological polar surface area (TPSA) is 44.8 Å². The van der Waals surface area contributed by atoms with Gasteiger partial charge in [0.25, 0.3) is 0 Å². The number of benzene rings is 2. The molecule has 0 heterocycles. The Morgan fingerprint density at radius 3 is 2.35 bits per heavy atom. The van der Waals surface area contributed by atoms with Crippen LogP contribution in [0.15, 0.2) is 47.4 Å². The molecule has 0 fully saturated rings. The Hall–Kier alpha value is -2.35. The Balaban J connectivity index is 1.83. The van der Waals surface area contributed by atoms with Crippen LogP contribution in [0.3, 0.4) is 0 Å². The number of aryl methyl sites for hydroxylation is 1. The lowest BCUT2D eigenvalue weighted by atomic mass is 10.1. The Morgan fingerprint density at radius 2 is 1.77 bits per heavy atom. The van der Waals surface area contributed by atoms with Crippen molar-refractivity contribution < 1.29 is 32.2 Å². The second kappa shape index (κ2) is 11.9. The predicted molar refractivity (Wildman–Crippen MR) is 115 cm³/mol. The number of halogens is 3. The third-order valence-electron chi connectivity index (χ3n) is 4.53. The van der Waals surface area contributed by atoms with Gasteiger partial charge in [-0.15, -0.1) is 11.8 Å². The summed E-state index contributed by atoms with van der Waals surface area (Å²) in [5, 5.41) is 0. The number of ether oxygens (including phenoxy) is 3. The summed E-state index contributed by atoms with van der Waals surface area (Å²) in [6.07, 6.45) is -3.47. The quantitative estimate of drug-likeness (QED) is 0.300. The van der Waals surface area contributed by atoms with E-state index in [9.17, 15) is 18.0 Å². The SMILES string of the molecule is CCOC(=O)COc1ccc(SCC(CC)COc2ccc(C(F)(F)F)cc2)cc1C. The van der Waals surface area contributed by atoms with E-state index in [0.717, 1.165) is 34.8 Å². The van der Waals surface area contributed by atoms with Crippen LogP contribution in [-0.4, -0.2) is 31.5 Å². The van der Waals surface area contributed by atoms with Crippen molar-refractivity contribution in [3.63, 3.8) is 0 Å². The van der Waals surface area contributed by atoms with Gasteiger partial charge in [0.15, 0.2) is 6.61 Å².